The zero-order valence-electron chi connectivity index (χ0n) is 16.3. The highest BCUT2D eigenvalue weighted by Gasteiger charge is 2.51. The molecule has 10 atom stereocenters. The minimum absolute atomic E-state index is 0.693. The van der Waals surface area contributed by atoms with Gasteiger partial charge in [-0.05, 0) is 0 Å². The number of aliphatic hydroxyl groups is 7. The first-order valence-electron chi connectivity index (χ1n) is 9.19. The lowest BCUT2D eigenvalue weighted by Gasteiger charge is -2.45. The summed E-state index contributed by atoms with van der Waals surface area (Å²) in [4.78, 5) is 22.7. The average Bonchev–Trinajstić information content (AvgIpc) is 2.76. The summed E-state index contributed by atoms with van der Waals surface area (Å²) in [5.74, 6) is -1.96. The van der Waals surface area contributed by atoms with Gasteiger partial charge in [-0.1, -0.05) is 0 Å². The predicted molar refractivity (Wildman–Crippen MR) is 93.6 cm³/mol. The average molecular weight is 454 g/mol. The summed E-state index contributed by atoms with van der Waals surface area (Å²) in [6.07, 6.45) is -15.1. The summed E-state index contributed by atoms with van der Waals surface area (Å²) in [5, 5.41) is 69.1. The summed E-state index contributed by atoms with van der Waals surface area (Å²) in [6, 6.07) is 0. The van der Waals surface area contributed by atoms with E-state index in [2.05, 4.69) is 4.74 Å². The molecular weight excluding hydrogens is 428 g/mol. The fraction of sp³-hybridized carbons (Fsp3) is 0.765. The molecule has 0 aliphatic carbocycles. The van der Waals surface area contributed by atoms with E-state index in [0.717, 1.165) is 13.2 Å². The van der Waals surface area contributed by atoms with Crippen LogP contribution in [0, 0.1) is 0 Å². The van der Waals surface area contributed by atoms with Gasteiger partial charge in [-0.25, -0.2) is 9.59 Å². The van der Waals surface area contributed by atoms with Crippen molar-refractivity contribution >= 4 is 11.9 Å². The largest absolute Gasteiger partial charge is 0.466 e. The van der Waals surface area contributed by atoms with Crippen LogP contribution in [-0.4, -0.2) is 129 Å². The van der Waals surface area contributed by atoms with E-state index < -0.39 is 86.6 Å². The standard InChI is InChI=1S/C17H26O14/c1-27-8(20)2-3-9(21)30-16-14(26)12(24)15(7(5-19)29-16)31-17-13(25)11(23)10(22)6(4-18)28-17/h2-3,6-7,10-19,22-26H,4-5H2,1H3/b3-2+/t6-,7-,10+,11+,12-,13-,14-,15-,16?,17+/m1/s1. The molecule has 0 spiro atoms. The number of carbonyl (C=O) groups excluding carboxylic acids is 2. The minimum atomic E-state index is -1.88. The molecule has 0 aromatic carbocycles. The molecule has 0 saturated carbocycles. The van der Waals surface area contributed by atoms with E-state index in [9.17, 15) is 45.3 Å². The van der Waals surface area contributed by atoms with E-state index >= 15 is 0 Å². The molecule has 2 rings (SSSR count). The number of esters is 2. The van der Waals surface area contributed by atoms with Crippen LogP contribution in [0.5, 0.6) is 0 Å². The second-order valence-corrected chi connectivity index (χ2v) is 6.80. The van der Waals surface area contributed by atoms with Crippen LogP contribution in [0.15, 0.2) is 12.2 Å². The van der Waals surface area contributed by atoms with Crippen molar-refractivity contribution in [3.05, 3.63) is 12.2 Å². The maximum atomic E-state index is 11.7. The van der Waals surface area contributed by atoms with Crippen molar-refractivity contribution < 1.29 is 69.0 Å². The van der Waals surface area contributed by atoms with E-state index in [1.165, 1.54) is 0 Å². The SMILES string of the molecule is COC(=O)/C=C/C(=O)OC1O[C@H](CO)[C@@H](O[C@@H]2O[C@H](CO)[C@H](O)[C@H](O)[C@H]2O)[C@H](O)[C@H]1O. The Kier molecular flexibility index (Phi) is 9.26. The van der Waals surface area contributed by atoms with Crippen LogP contribution >= 0.6 is 0 Å². The van der Waals surface area contributed by atoms with Gasteiger partial charge in [0, 0.05) is 12.2 Å². The third kappa shape index (κ3) is 5.95. The highest BCUT2D eigenvalue weighted by atomic mass is 16.7. The molecule has 0 bridgehead atoms. The lowest BCUT2D eigenvalue weighted by atomic mass is 9.97. The molecular formula is C17H26O14. The van der Waals surface area contributed by atoms with Gasteiger partial charge in [0.15, 0.2) is 6.29 Å². The van der Waals surface area contributed by atoms with E-state index in [4.69, 9.17) is 18.9 Å². The number of aliphatic hydroxyl groups excluding tert-OH is 7. The lowest BCUT2D eigenvalue weighted by molar-refractivity contribution is -0.355. The van der Waals surface area contributed by atoms with Crippen LogP contribution in [0.25, 0.3) is 0 Å². The van der Waals surface area contributed by atoms with Crippen LogP contribution in [0.2, 0.25) is 0 Å². The summed E-state index contributed by atoms with van der Waals surface area (Å²) < 4.78 is 24.9. The van der Waals surface area contributed by atoms with E-state index in [1.807, 2.05) is 0 Å². The quantitative estimate of drug-likeness (QED) is 0.141. The number of hydrogen-bond acceptors (Lipinski definition) is 14. The fourth-order valence-electron chi connectivity index (χ4n) is 3.01. The number of carbonyl (C=O) groups is 2. The Balaban J connectivity index is 2.07. The first-order chi connectivity index (χ1) is 14.6. The molecule has 31 heavy (non-hydrogen) atoms. The van der Waals surface area contributed by atoms with Crippen LogP contribution in [0.1, 0.15) is 0 Å². The van der Waals surface area contributed by atoms with Gasteiger partial charge in [-0.2, -0.15) is 0 Å². The van der Waals surface area contributed by atoms with Gasteiger partial charge in [0.2, 0.25) is 6.29 Å². The Labute approximate surface area is 175 Å². The topological polar surface area (TPSA) is 222 Å². The van der Waals surface area contributed by atoms with E-state index in [1.54, 1.807) is 0 Å². The van der Waals surface area contributed by atoms with Crippen LogP contribution in [0.3, 0.4) is 0 Å². The highest BCUT2D eigenvalue weighted by molar-refractivity contribution is 5.91. The molecule has 0 aromatic heterocycles. The van der Waals surface area contributed by atoms with Crippen molar-refractivity contribution in [1.82, 2.24) is 0 Å². The Morgan fingerprint density at radius 3 is 1.90 bits per heavy atom. The van der Waals surface area contributed by atoms with Crippen LogP contribution < -0.4 is 0 Å². The fourth-order valence-corrected chi connectivity index (χ4v) is 3.01. The molecule has 178 valence electrons. The Bertz CT molecular complexity index is 636. The van der Waals surface area contributed by atoms with Gasteiger partial charge in [0.25, 0.3) is 0 Å². The number of methoxy groups -OCH3 is 1. The summed E-state index contributed by atoms with van der Waals surface area (Å²) in [5.41, 5.74) is 0. The molecule has 0 aromatic rings. The number of hydrogen-bond donors (Lipinski definition) is 7. The molecule has 2 aliphatic rings. The molecule has 2 aliphatic heterocycles. The normalized spacial score (nSPS) is 41.2. The summed E-state index contributed by atoms with van der Waals surface area (Å²) in [7, 11) is 1.09. The first kappa shape index (κ1) is 25.5. The second-order valence-electron chi connectivity index (χ2n) is 6.80. The first-order valence-corrected chi connectivity index (χ1v) is 9.19. The van der Waals surface area contributed by atoms with Crippen LogP contribution in [0.4, 0.5) is 0 Å². The van der Waals surface area contributed by atoms with Gasteiger partial charge in [-0.3, -0.25) is 0 Å². The smallest absolute Gasteiger partial charge is 0.333 e. The Hall–Kier alpha value is -1.72. The van der Waals surface area contributed by atoms with Crippen molar-refractivity contribution in [2.24, 2.45) is 0 Å². The molecule has 2 saturated heterocycles. The van der Waals surface area contributed by atoms with Gasteiger partial charge in [-0.15, -0.1) is 0 Å². The third-order valence-electron chi connectivity index (χ3n) is 4.75. The predicted octanol–water partition coefficient (Wildman–Crippen LogP) is -5.12. The van der Waals surface area contributed by atoms with Gasteiger partial charge in [0.1, 0.15) is 48.8 Å². The number of ether oxygens (including phenoxy) is 5. The molecule has 0 radical (unpaired) electrons. The molecule has 2 fully saturated rings. The monoisotopic (exact) mass is 454 g/mol. The summed E-state index contributed by atoms with van der Waals surface area (Å²) in [6.45, 7) is -1.52. The maximum absolute atomic E-state index is 11.7. The third-order valence-corrected chi connectivity index (χ3v) is 4.75. The highest BCUT2D eigenvalue weighted by Crippen LogP contribution is 2.29. The van der Waals surface area contributed by atoms with Crippen molar-refractivity contribution in [2.45, 2.75) is 61.4 Å². The molecule has 2 heterocycles. The number of rotatable bonds is 7. The zero-order chi connectivity index (χ0) is 23.3. The molecule has 14 nitrogen and oxygen atoms in total. The Morgan fingerprint density at radius 1 is 0.774 bits per heavy atom. The lowest BCUT2D eigenvalue weighted by Crippen LogP contribution is -2.64. The van der Waals surface area contributed by atoms with Crippen molar-refractivity contribution in [3.63, 3.8) is 0 Å². The minimum Gasteiger partial charge on any atom is -0.466 e. The zero-order valence-corrected chi connectivity index (χ0v) is 16.3. The van der Waals surface area contributed by atoms with Crippen molar-refractivity contribution in [3.8, 4) is 0 Å². The van der Waals surface area contributed by atoms with Crippen LogP contribution in [-0.2, 0) is 33.3 Å². The molecule has 7 N–H and O–H groups in total. The molecule has 1 unspecified atom stereocenters. The maximum Gasteiger partial charge on any atom is 0.333 e. The van der Waals surface area contributed by atoms with Gasteiger partial charge in [0.05, 0.1) is 20.3 Å². The van der Waals surface area contributed by atoms with Gasteiger partial charge >= 0.3 is 11.9 Å². The van der Waals surface area contributed by atoms with Crippen molar-refractivity contribution in [2.75, 3.05) is 20.3 Å². The van der Waals surface area contributed by atoms with Gasteiger partial charge < -0.3 is 59.4 Å². The Morgan fingerprint density at radius 2 is 1.32 bits per heavy atom. The van der Waals surface area contributed by atoms with Crippen molar-refractivity contribution in [1.29, 1.82) is 0 Å². The van der Waals surface area contributed by atoms with E-state index in [-0.39, 0.29) is 0 Å². The second kappa shape index (κ2) is 11.2. The molecule has 0 amide bonds. The molecule has 14 heteroatoms. The summed E-state index contributed by atoms with van der Waals surface area (Å²) >= 11 is 0. The van der Waals surface area contributed by atoms with E-state index in [0.29, 0.717) is 6.08 Å².